The molecule has 0 aromatic rings. The minimum atomic E-state index is 0.518. The minimum absolute atomic E-state index is 0.518. The van der Waals surface area contributed by atoms with Crippen molar-refractivity contribution in [2.24, 2.45) is 0 Å². The van der Waals surface area contributed by atoms with Crippen molar-refractivity contribution >= 4 is 0 Å². The zero-order valence-corrected chi connectivity index (χ0v) is 6.97. The van der Waals surface area contributed by atoms with Crippen LogP contribution in [0.25, 0.3) is 0 Å². The highest BCUT2D eigenvalue weighted by atomic mass is 16.5. The number of rotatable bonds is 3. The van der Waals surface area contributed by atoms with E-state index in [1.807, 2.05) is 0 Å². The number of hydrogen-bond donors (Lipinski definition) is 0. The Hall–Kier alpha value is -0.0800. The summed E-state index contributed by atoms with van der Waals surface area (Å²) in [6.45, 7) is 8.67. The van der Waals surface area contributed by atoms with Crippen LogP contribution in [-0.2, 0) is 4.74 Å². The Bertz CT molecular complexity index is 95.3. The van der Waals surface area contributed by atoms with E-state index in [-0.39, 0.29) is 0 Å². The largest absolute Gasteiger partial charge is 0.377 e. The first kappa shape index (κ1) is 8.02. The summed E-state index contributed by atoms with van der Waals surface area (Å²) in [4.78, 5) is 2.43. The van der Waals surface area contributed by atoms with E-state index in [0.717, 1.165) is 13.2 Å². The van der Waals surface area contributed by atoms with Gasteiger partial charge < -0.3 is 9.64 Å². The van der Waals surface area contributed by atoms with Crippen LogP contribution in [0.1, 0.15) is 20.3 Å². The maximum absolute atomic E-state index is 5.49. The summed E-state index contributed by atoms with van der Waals surface area (Å²) < 4.78 is 5.49. The smallest absolute Gasteiger partial charge is 0.0714 e. The second kappa shape index (κ2) is 3.94. The van der Waals surface area contributed by atoms with Crippen LogP contribution in [0.15, 0.2) is 0 Å². The molecule has 0 N–H and O–H groups in total. The third-order valence-corrected chi connectivity index (χ3v) is 2.08. The molecule has 0 aromatic carbocycles. The van der Waals surface area contributed by atoms with E-state index in [2.05, 4.69) is 18.7 Å². The molecule has 0 aliphatic carbocycles. The first-order valence-electron chi connectivity index (χ1n) is 4.20. The van der Waals surface area contributed by atoms with Crippen LogP contribution in [0.4, 0.5) is 0 Å². The monoisotopic (exact) mass is 143 g/mol. The lowest BCUT2D eigenvalue weighted by Gasteiger charge is -2.12. The summed E-state index contributed by atoms with van der Waals surface area (Å²) in [6.07, 6.45) is 1.74. The van der Waals surface area contributed by atoms with Gasteiger partial charge in [0.25, 0.3) is 0 Å². The molecule has 10 heavy (non-hydrogen) atoms. The Labute approximate surface area is 63.2 Å². The summed E-state index contributed by atoms with van der Waals surface area (Å²) in [5, 5.41) is 0. The molecule has 1 rings (SSSR count). The number of nitrogens with zero attached hydrogens (tertiary/aromatic N) is 1. The van der Waals surface area contributed by atoms with E-state index in [1.165, 1.54) is 19.5 Å². The molecule has 0 unspecified atom stereocenters. The van der Waals surface area contributed by atoms with Gasteiger partial charge in [-0.2, -0.15) is 0 Å². The lowest BCUT2D eigenvalue weighted by molar-refractivity contribution is 0.0694. The summed E-state index contributed by atoms with van der Waals surface area (Å²) in [6, 6.07) is 0. The molecule has 0 radical (unpaired) electrons. The van der Waals surface area contributed by atoms with E-state index >= 15 is 0 Å². The highest BCUT2D eigenvalue weighted by molar-refractivity contribution is 4.74. The van der Waals surface area contributed by atoms with Gasteiger partial charge in [0.1, 0.15) is 0 Å². The van der Waals surface area contributed by atoms with Crippen molar-refractivity contribution in [1.82, 2.24) is 4.90 Å². The van der Waals surface area contributed by atoms with Crippen LogP contribution < -0.4 is 0 Å². The van der Waals surface area contributed by atoms with Crippen molar-refractivity contribution in [3.05, 3.63) is 0 Å². The van der Waals surface area contributed by atoms with Crippen LogP contribution in [0.3, 0.4) is 0 Å². The molecule has 1 atom stereocenters. The van der Waals surface area contributed by atoms with Gasteiger partial charge >= 0.3 is 0 Å². The average Bonchev–Trinajstić information content (AvgIpc) is 2.37. The van der Waals surface area contributed by atoms with Gasteiger partial charge in [-0.25, -0.2) is 0 Å². The first-order valence-corrected chi connectivity index (χ1v) is 4.20. The summed E-state index contributed by atoms with van der Waals surface area (Å²) in [5.74, 6) is 0. The fourth-order valence-corrected chi connectivity index (χ4v) is 1.46. The van der Waals surface area contributed by atoms with Crippen LogP contribution in [0.5, 0.6) is 0 Å². The van der Waals surface area contributed by atoms with Crippen LogP contribution >= 0.6 is 0 Å². The number of likely N-dealkylation sites (tertiary alicyclic amines) is 1. The molecule has 1 aliphatic rings. The van der Waals surface area contributed by atoms with Crippen molar-refractivity contribution in [3.63, 3.8) is 0 Å². The van der Waals surface area contributed by atoms with Gasteiger partial charge in [0, 0.05) is 19.7 Å². The number of ether oxygens (including phenoxy) is 1. The zero-order valence-electron chi connectivity index (χ0n) is 6.97. The molecule has 1 saturated heterocycles. The molecular formula is C8H17NO. The fraction of sp³-hybridized carbons (Fsp3) is 1.00. The Morgan fingerprint density at radius 3 is 2.80 bits per heavy atom. The maximum atomic E-state index is 5.49. The molecule has 0 bridgehead atoms. The van der Waals surface area contributed by atoms with E-state index in [0.29, 0.717) is 6.10 Å². The first-order chi connectivity index (χ1) is 4.86. The number of likely N-dealkylation sites (N-methyl/N-ethyl adjacent to an activating group) is 1. The van der Waals surface area contributed by atoms with Gasteiger partial charge in [-0.3, -0.25) is 0 Å². The minimum Gasteiger partial charge on any atom is -0.377 e. The van der Waals surface area contributed by atoms with Crippen molar-refractivity contribution in [3.8, 4) is 0 Å². The van der Waals surface area contributed by atoms with E-state index in [1.54, 1.807) is 0 Å². The molecule has 0 saturated carbocycles. The molecular weight excluding hydrogens is 126 g/mol. The molecule has 0 amide bonds. The van der Waals surface area contributed by atoms with Gasteiger partial charge in [0.05, 0.1) is 6.10 Å². The fourth-order valence-electron chi connectivity index (χ4n) is 1.46. The Morgan fingerprint density at radius 2 is 2.30 bits per heavy atom. The Morgan fingerprint density at radius 1 is 1.50 bits per heavy atom. The standard InChI is InChI=1S/C8H17NO/c1-3-9-6-5-8(7-9)10-4-2/h8H,3-7H2,1-2H3/t8-/m0/s1. The van der Waals surface area contributed by atoms with Gasteiger partial charge in [-0.1, -0.05) is 6.92 Å². The third-order valence-electron chi connectivity index (χ3n) is 2.08. The number of hydrogen-bond acceptors (Lipinski definition) is 2. The summed E-state index contributed by atoms with van der Waals surface area (Å²) >= 11 is 0. The van der Waals surface area contributed by atoms with Crippen molar-refractivity contribution < 1.29 is 4.74 Å². The molecule has 0 spiro atoms. The SMILES string of the molecule is CCO[C@H]1CCN(CC)C1. The predicted octanol–water partition coefficient (Wildman–Crippen LogP) is 1.12. The van der Waals surface area contributed by atoms with Gasteiger partial charge in [0.2, 0.25) is 0 Å². The summed E-state index contributed by atoms with van der Waals surface area (Å²) in [5.41, 5.74) is 0. The van der Waals surface area contributed by atoms with E-state index < -0.39 is 0 Å². The maximum Gasteiger partial charge on any atom is 0.0714 e. The second-order valence-corrected chi connectivity index (χ2v) is 2.76. The summed E-state index contributed by atoms with van der Waals surface area (Å²) in [7, 11) is 0. The van der Waals surface area contributed by atoms with E-state index in [4.69, 9.17) is 4.74 Å². The Balaban J connectivity index is 2.15. The molecule has 60 valence electrons. The van der Waals surface area contributed by atoms with Gasteiger partial charge in [-0.15, -0.1) is 0 Å². The quantitative estimate of drug-likeness (QED) is 0.587. The van der Waals surface area contributed by atoms with Gasteiger partial charge in [-0.05, 0) is 19.9 Å². The van der Waals surface area contributed by atoms with Crippen molar-refractivity contribution in [1.29, 1.82) is 0 Å². The predicted molar refractivity (Wildman–Crippen MR) is 42.1 cm³/mol. The molecule has 1 aliphatic heterocycles. The second-order valence-electron chi connectivity index (χ2n) is 2.76. The highest BCUT2D eigenvalue weighted by Gasteiger charge is 2.20. The van der Waals surface area contributed by atoms with Crippen molar-refractivity contribution in [2.75, 3.05) is 26.2 Å². The Kier molecular flexibility index (Phi) is 3.16. The van der Waals surface area contributed by atoms with Crippen LogP contribution in [0, 0.1) is 0 Å². The van der Waals surface area contributed by atoms with Crippen molar-refractivity contribution in [2.45, 2.75) is 26.4 Å². The third kappa shape index (κ3) is 1.96. The van der Waals surface area contributed by atoms with E-state index in [9.17, 15) is 0 Å². The lowest BCUT2D eigenvalue weighted by Crippen LogP contribution is -2.22. The highest BCUT2D eigenvalue weighted by Crippen LogP contribution is 2.11. The normalized spacial score (nSPS) is 27.6. The molecule has 1 fully saturated rings. The molecule has 2 heteroatoms. The molecule has 0 aromatic heterocycles. The lowest BCUT2D eigenvalue weighted by atomic mass is 10.3. The molecule has 2 nitrogen and oxygen atoms in total. The molecule has 1 heterocycles. The topological polar surface area (TPSA) is 12.5 Å². The van der Waals surface area contributed by atoms with Gasteiger partial charge in [0.15, 0.2) is 0 Å². The zero-order chi connectivity index (χ0) is 7.40. The average molecular weight is 143 g/mol. The van der Waals surface area contributed by atoms with Crippen LogP contribution in [-0.4, -0.2) is 37.2 Å². The van der Waals surface area contributed by atoms with Crippen LogP contribution in [0.2, 0.25) is 0 Å².